The van der Waals surface area contributed by atoms with Crippen LogP contribution in [0.5, 0.6) is 0 Å². The van der Waals surface area contributed by atoms with Crippen molar-refractivity contribution in [2.24, 2.45) is 5.73 Å². The number of hydrogen-bond donors (Lipinski definition) is 2. The third-order valence-corrected chi connectivity index (χ3v) is 6.67. The van der Waals surface area contributed by atoms with Crippen LogP contribution >= 0.6 is 24.0 Å². The van der Waals surface area contributed by atoms with Crippen LogP contribution in [0.4, 0.5) is 11.4 Å². The van der Waals surface area contributed by atoms with Crippen LogP contribution in [0.3, 0.4) is 0 Å². The molecule has 0 spiro atoms. The van der Waals surface area contributed by atoms with Gasteiger partial charge in [0.1, 0.15) is 4.99 Å². The molecule has 1 atom stereocenters. The number of nitrogens with one attached hydrogen (secondary N) is 1. The first-order valence-electron chi connectivity index (χ1n) is 9.36. The van der Waals surface area contributed by atoms with Crippen molar-refractivity contribution in [3.05, 3.63) is 47.5 Å². The van der Waals surface area contributed by atoms with Crippen molar-refractivity contribution in [3.63, 3.8) is 0 Å². The highest BCUT2D eigenvalue weighted by molar-refractivity contribution is 7.99. The molecule has 3 N–H and O–H groups in total. The van der Waals surface area contributed by atoms with E-state index in [9.17, 15) is 0 Å². The largest absolute Gasteiger partial charge is 0.389 e. The maximum absolute atomic E-state index is 6.10. The summed E-state index contributed by atoms with van der Waals surface area (Å²) < 4.78 is 0. The van der Waals surface area contributed by atoms with Gasteiger partial charge in [-0.1, -0.05) is 55.5 Å². The molecule has 3 nitrogen and oxygen atoms in total. The third-order valence-electron chi connectivity index (χ3n) is 5.31. The van der Waals surface area contributed by atoms with Crippen LogP contribution in [0.15, 0.2) is 46.2 Å². The van der Waals surface area contributed by atoms with Crippen LogP contribution in [0.1, 0.15) is 43.2 Å². The number of nitrogens with two attached hydrogens (primary N) is 1. The summed E-state index contributed by atoms with van der Waals surface area (Å²) in [5.74, 6) is 0.373. The Hall–Kier alpha value is -1.56. The van der Waals surface area contributed by atoms with E-state index in [-0.39, 0.29) is 0 Å². The van der Waals surface area contributed by atoms with Crippen LogP contribution in [-0.2, 0) is 0 Å². The van der Waals surface area contributed by atoms with E-state index in [1.54, 1.807) is 0 Å². The minimum Gasteiger partial charge on any atom is -0.389 e. The number of likely N-dealkylation sites (tertiary alicyclic amines) is 1. The van der Waals surface area contributed by atoms with E-state index in [4.69, 9.17) is 18.0 Å². The molecule has 0 saturated carbocycles. The van der Waals surface area contributed by atoms with Crippen LogP contribution in [-0.4, -0.2) is 29.5 Å². The fourth-order valence-corrected chi connectivity index (χ4v) is 5.26. The average Bonchev–Trinajstić information content (AvgIpc) is 2.66. The van der Waals surface area contributed by atoms with E-state index in [1.807, 2.05) is 11.8 Å². The molecular formula is C21H25N3S2. The van der Waals surface area contributed by atoms with Crippen molar-refractivity contribution in [3.8, 4) is 0 Å². The third kappa shape index (κ3) is 3.48. The summed E-state index contributed by atoms with van der Waals surface area (Å²) in [5, 5.41) is 3.67. The van der Waals surface area contributed by atoms with Gasteiger partial charge in [-0.3, -0.25) is 0 Å². The highest BCUT2D eigenvalue weighted by Crippen LogP contribution is 2.47. The van der Waals surface area contributed by atoms with Crippen molar-refractivity contribution in [1.82, 2.24) is 4.90 Å². The zero-order chi connectivity index (χ0) is 18.1. The number of anilines is 2. The SMILES string of the molecule is CC(CN1CCCCC1)c1c(C(N)=S)ccc2c1Nc1ccccc1S2. The summed E-state index contributed by atoms with van der Waals surface area (Å²) in [6, 6.07) is 12.7. The number of hydrogen-bond acceptors (Lipinski definition) is 4. The lowest BCUT2D eigenvalue weighted by atomic mass is 9.92. The number of rotatable bonds is 4. The van der Waals surface area contributed by atoms with E-state index >= 15 is 0 Å². The number of nitrogens with zero attached hydrogens (tertiary/aromatic N) is 1. The second kappa shape index (κ2) is 7.59. The van der Waals surface area contributed by atoms with E-state index in [2.05, 4.69) is 53.5 Å². The summed E-state index contributed by atoms with van der Waals surface area (Å²) in [4.78, 5) is 5.58. The minimum absolute atomic E-state index is 0.373. The molecule has 1 saturated heterocycles. The Kier molecular flexibility index (Phi) is 5.20. The van der Waals surface area contributed by atoms with Gasteiger partial charge in [0, 0.05) is 21.9 Å². The van der Waals surface area contributed by atoms with Crippen molar-refractivity contribution < 1.29 is 0 Å². The van der Waals surface area contributed by atoms with Gasteiger partial charge in [0.2, 0.25) is 0 Å². The fraction of sp³-hybridized carbons (Fsp3) is 0.381. The number of para-hydroxylation sites is 1. The van der Waals surface area contributed by atoms with Crippen molar-refractivity contribution >= 4 is 40.3 Å². The van der Waals surface area contributed by atoms with Gasteiger partial charge in [-0.05, 0) is 55.6 Å². The van der Waals surface area contributed by atoms with Gasteiger partial charge in [0.05, 0.1) is 11.4 Å². The summed E-state index contributed by atoms with van der Waals surface area (Å²) in [6.07, 6.45) is 3.98. The molecule has 4 rings (SSSR count). The topological polar surface area (TPSA) is 41.3 Å². The van der Waals surface area contributed by atoms with Gasteiger partial charge in [-0.25, -0.2) is 0 Å². The van der Waals surface area contributed by atoms with Gasteiger partial charge >= 0.3 is 0 Å². The lowest BCUT2D eigenvalue weighted by Gasteiger charge is -2.32. The van der Waals surface area contributed by atoms with E-state index in [1.165, 1.54) is 53.4 Å². The smallest absolute Gasteiger partial charge is 0.104 e. The lowest BCUT2D eigenvalue weighted by molar-refractivity contribution is 0.219. The summed E-state index contributed by atoms with van der Waals surface area (Å²) in [7, 11) is 0. The number of piperidine rings is 1. The average molecular weight is 384 g/mol. The van der Waals surface area contributed by atoms with Crippen LogP contribution < -0.4 is 11.1 Å². The molecule has 2 aromatic carbocycles. The molecular weight excluding hydrogens is 358 g/mol. The zero-order valence-corrected chi connectivity index (χ0v) is 16.8. The van der Waals surface area contributed by atoms with E-state index < -0.39 is 0 Å². The van der Waals surface area contributed by atoms with Crippen LogP contribution in [0.2, 0.25) is 0 Å². The Balaban J connectivity index is 1.71. The van der Waals surface area contributed by atoms with Crippen molar-refractivity contribution in [2.45, 2.75) is 41.9 Å². The predicted molar refractivity (Wildman–Crippen MR) is 115 cm³/mol. The molecule has 1 fully saturated rings. The molecule has 0 amide bonds. The summed E-state index contributed by atoms with van der Waals surface area (Å²) >= 11 is 7.21. The normalized spacial score (nSPS) is 17.7. The second-order valence-corrected chi connectivity index (χ2v) is 8.77. The highest BCUT2D eigenvalue weighted by atomic mass is 32.2. The summed E-state index contributed by atoms with van der Waals surface area (Å²) in [5.41, 5.74) is 10.7. The molecule has 1 unspecified atom stereocenters. The Labute approximate surface area is 165 Å². The maximum Gasteiger partial charge on any atom is 0.104 e. The van der Waals surface area contributed by atoms with Gasteiger partial charge in [-0.2, -0.15) is 0 Å². The quantitative estimate of drug-likeness (QED) is 0.612. The lowest BCUT2D eigenvalue weighted by Crippen LogP contribution is -2.33. The fourth-order valence-electron chi connectivity index (χ4n) is 4.07. The van der Waals surface area contributed by atoms with Crippen molar-refractivity contribution in [2.75, 3.05) is 25.0 Å². The van der Waals surface area contributed by atoms with Gasteiger partial charge in [0.25, 0.3) is 0 Å². The van der Waals surface area contributed by atoms with Gasteiger partial charge < -0.3 is 16.0 Å². The Morgan fingerprint density at radius 2 is 1.92 bits per heavy atom. The molecule has 26 heavy (non-hydrogen) atoms. The molecule has 5 heteroatoms. The number of benzene rings is 2. The Bertz CT molecular complexity index is 828. The van der Waals surface area contributed by atoms with E-state index in [0.717, 1.165) is 17.8 Å². The molecule has 2 heterocycles. The zero-order valence-electron chi connectivity index (χ0n) is 15.1. The first-order valence-corrected chi connectivity index (χ1v) is 10.6. The highest BCUT2D eigenvalue weighted by Gasteiger charge is 2.26. The summed E-state index contributed by atoms with van der Waals surface area (Å²) in [6.45, 7) is 5.76. The maximum atomic E-state index is 6.10. The standard InChI is InChI=1S/C21H25N3S2/c1-14(13-24-11-5-2-6-12-24)19-15(21(22)25)9-10-18-20(19)23-16-7-3-4-8-17(16)26-18/h3-4,7-10,14,23H,2,5-6,11-13H2,1H3,(H2,22,25). The molecule has 2 aromatic rings. The molecule has 2 aliphatic heterocycles. The number of fused-ring (bicyclic) bond motifs is 2. The predicted octanol–water partition coefficient (Wildman–Crippen LogP) is 5.12. The molecule has 0 aromatic heterocycles. The molecule has 136 valence electrons. The molecule has 0 aliphatic carbocycles. The molecule has 0 radical (unpaired) electrons. The second-order valence-electron chi connectivity index (χ2n) is 7.25. The Morgan fingerprint density at radius 1 is 1.15 bits per heavy atom. The van der Waals surface area contributed by atoms with Gasteiger partial charge in [-0.15, -0.1) is 0 Å². The molecule has 0 bridgehead atoms. The minimum atomic E-state index is 0.373. The van der Waals surface area contributed by atoms with Crippen LogP contribution in [0.25, 0.3) is 0 Å². The van der Waals surface area contributed by atoms with E-state index in [0.29, 0.717) is 10.9 Å². The first kappa shape index (κ1) is 17.8. The van der Waals surface area contributed by atoms with Crippen molar-refractivity contribution in [1.29, 1.82) is 0 Å². The number of thiocarbonyl (C=S) groups is 1. The Morgan fingerprint density at radius 3 is 2.69 bits per heavy atom. The van der Waals surface area contributed by atoms with Crippen LogP contribution in [0, 0.1) is 0 Å². The first-order chi connectivity index (χ1) is 12.6. The monoisotopic (exact) mass is 383 g/mol. The molecule has 2 aliphatic rings. The van der Waals surface area contributed by atoms with Gasteiger partial charge in [0.15, 0.2) is 0 Å².